The highest BCUT2D eigenvalue weighted by Crippen LogP contribution is 2.33. The molecule has 1 amide bonds. The average molecular weight is 477 g/mol. The van der Waals surface area contributed by atoms with Crippen molar-refractivity contribution in [1.82, 2.24) is 10.3 Å². The van der Waals surface area contributed by atoms with Gasteiger partial charge < -0.3 is 19.8 Å². The van der Waals surface area contributed by atoms with E-state index in [2.05, 4.69) is 10.3 Å². The van der Waals surface area contributed by atoms with Crippen LogP contribution in [0, 0.1) is 0 Å². The molecule has 3 aromatic carbocycles. The summed E-state index contributed by atoms with van der Waals surface area (Å²) >= 11 is 6.49. The number of halogens is 1. The third-order valence-electron chi connectivity index (χ3n) is 5.45. The predicted molar refractivity (Wildman–Crippen MR) is 131 cm³/mol. The van der Waals surface area contributed by atoms with E-state index < -0.39 is 17.3 Å². The molecule has 0 saturated carbocycles. The van der Waals surface area contributed by atoms with Gasteiger partial charge >= 0.3 is 5.97 Å². The van der Waals surface area contributed by atoms with Crippen molar-refractivity contribution in [3.63, 3.8) is 0 Å². The molecule has 0 saturated heterocycles. The number of esters is 1. The zero-order valence-electron chi connectivity index (χ0n) is 18.5. The number of carbonyl (C=O) groups is 2. The molecule has 2 N–H and O–H groups in total. The number of aromatic amines is 1. The molecule has 0 unspecified atom stereocenters. The van der Waals surface area contributed by atoms with Crippen LogP contribution in [0.15, 0.2) is 71.5 Å². The number of aromatic nitrogens is 1. The van der Waals surface area contributed by atoms with Gasteiger partial charge in [-0.2, -0.15) is 0 Å². The van der Waals surface area contributed by atoms with Crippen LogP contribution in [-0.4, -0.2) is 31.1 Å². The van der Waals surface area contributed by atoms with Crippen molar-refractivity contribution >= 4 is 34.4 Å². The molecule has 8 heteroatoms. The minimum atomic E-state index is -0.737. The van der Waals surface area contributed by atoms with E-state index in [1.165, 1.54) is 14.2 Å². The number of hydrogen-bond acceptors (Lipinski definition) is 5. The number of amides is 1. The predicted octanol–water partition coefficient (Wildman–Crippen LogP) is 4.57. The monoisotopic (exact) mass is 476 g/mol. The number of fused-ring (bicyclic) bond motifs is 1. The number of benzene rings is 3. The number of rotatable bonds is 6. The summed E-state index contributed by atoms with van der Waals surface area (Å²) in [5, 5.41) is 3.45. The number of methoxy groups -OCH3 is 2. The zero-order valence-corrected chi connectivity index (χ0v) is 19.2. The number of nitrogens with one attached hydrogen (secondary N) is 2. The topological polar surface area (TPSA) is 97.5 Å². The fourth-order valence-corrected chi connectivity index (χ4v) is 4.07. The van der Waals surface area contributed by atoms with E-state index >= 15 is 0 Å². The van der Waals surface area contributed by atoms with Crippen LogP contribution in [0.3, 0.4) is 0 Å². The molecule has 4 rings (SSSR count). The first-order valence-corrected chi connectivity index (χ1v) is 10.8. The highest BCUT2D eigenvalue weighted by molar-refractivity contribution is 6.35. The van der Waals surface area contributed by atoms with Crippen LogP contribution in [0.1, 0.15) is 26.4 Å². The van der Waals surface area contributed by atoms with E-state index in [0.29, 0.717) is 32.8 Å². The van der Waals surface area contributed by atoms with Gasteiger partial charge in [0.1, 0.15) is 11.4 Å². The molecule has 0 spiro atoms. The molecule has 4 aromatic rings. The van der Waals surface area contributed by atoms with E-state index in [4.69, 9.17) is 21.1 Å². The number of carbonyl (C=O) groups excluding carboxylic acids is 2. The summed E-state index contributed by atoms with van der Waals surface area (Å²) in [7, 11) is 2.68. The molecule has 0 atom stereocenters. The van der Waals surface area contributed by atoms with Crippen LogP contribution in [-0.2, 0) is 11.3 Å². The van der Waals surface area contributed by atoms with Crippen molar-refractivity contribution in [1.29, 1.82) is 0 Å². The summed E-state index contributed by atoms with van der Waals surface area (Å²) in [6, 6.07) is 19.2. The molecule has 1 aromatic heterocycles. The SMILES string of the molecule is COC(=O)c1[nH]c2c(-c3ccccc3)c(Cl)ccc2c(=O)c1CNC(=O)c1ccccc1OC. The molecule has 172 valence electrons. The Morgan fingerprint density at radius 1 is 0.971 bits per heavy atom. The Hall–Kier alpha value is -4.10. The lowest BCUT2D eigenvalue weighted by molar-refractivity contribution is 0.0592. The third-order valence-corrected chi connectivity index (χ3v) is 5.77. The third kappa shape index (κ3) is 4.25. The number of ether oxygens (including phenoxy) is 2. The second kappa shape index (κ2) is 9.80. The van der Waals surface area contributed by atoms with E-state index in [1.54, 1.807) is 36.4 Å². The minimum absolute atomic E-state index is 0.0558. The van der Waals surface area contributed by atoms with Crippen molar-refractivity contribution in [3.05, 3.63) is 98.8 Å². The summed E-state index contributed by atoms with van der Waals surface area (Å²) in [4.78, 5) is 41.9. The first-order chi connectivity index (χ1) is 16.5. The molecule has 1 heterocycles. The first-order valence-electron chi connectivity index (χ1n) is 10.4. The summed E-state index contributed by atoms with van der Waals surface area (Å²) in [5.41, 5.74) is 1.68. The van der Waals surface area contributed by atoms with Crippen LogP contribution in [0.25, 0.3) is 22.0 Å². The lowest BCUT2D eigenvalue weighted by Crippen LogP contribution is -2.29. The first kappa shape index (κ1) is 23.1. The van der Waals surface area contributed by atoms with E-state index in [9.17, 15) is 14.4 Å². The van der Waals surface area contributed by atoms with Gasteiger partial charge in [-0.3, -0.25) is 9.59 Å². The van der Waals surface area contributed by atoms with E-state index in [1.807, 2.05) is 30.3 Å². The average Bonchev–Trinajstić information content (AvgIpc) is 2.87. The summed E-state index contributed by atoms with van der Waals surface area (Å²) in [5.74, 6) is -0.795. The van der Waals surface area contributed by atoms with Crippen LogP contribution < -0.4 is 15.5 Å². The van der Waals surface area contributed by atoms with Gasteiger partial charge in [0, 0.05) is 17.5 Å². The standard InChI is InChI=1S/C26H21ClN2O5/c1-33-20-11-7-6-10-16(20)25(31)28-14-18-23(26(32)34-2)29-22-17(24(18)30)12-13-19(27)21(22)15-8-4-3-5-9-15/h3-13H,14H2,1-2H3,(H,28,31)(H,29,30). The van der Waals surface area contributed by atoms with Gasteiger partial charge in [-0.05, 0) is 29.8 Å². The Morgan fingerprint density at radius 2 is 1.68 bits per heavy atom. The molecular weight excluding hydrogens is 456 g/mol. The number of pyridine rings is 1. The zero-order chi connectivity index (χ0) is 24.2. The van der Waals surface area contributed by atoms with Gasteiger partial charge in [-0.1, -0.05) is 54.1 Å². The lowest BCUT2D eigenvalue weighted by Gasteiger charge is -2.15. The maximum absolute atomic E-state index is 13.5. The van der Waals surface area contributed by atoms with E-state index in [-0.39, 0.29) is 17.8 Å². The summed E-state index contributed by atoms with van der Waals surface area (Å²) in [6.45, 7) is -0.199. The quantitative estimate of drug-likeness (QED) is 0.397. The van der Waals surface area contributed by atoms with Crippen molar-refractivity contribution in [2.24, 2.45) is 0 Å². The van der Waals surface area contributed by atoms with Crippen LogP contribution >= 0.6 is 11.6 Å². The highest BCUT2D eigenvalue weighted by atomic mass is 35.5. The van der Waals surface area contributed by atoms with Crippen molar-refractivity contribution in [3.8, 4) is 16.9 Å². The van der Waals surface area contributed by atoms with Gasteiger partial charge in [-0.15, -0.1) is 0 Å². The molecule has 34 heavy (non-hydrogen) atoms. The van der Waals surface area contributed by atoms with Gasteiger partial charge in [0.05, 0.1) is 35.9 Å². The maximum atomic E-state index is 13.5. The number of para-hydroxylation sites is 1. The molecule has 0 aliphatic rings. The largest absolute Gasteiger partial charge is 0.496 e. The Balaban J connectivity index is 1.83. The second-order valence-electron chi connectivity index (χ2n) is 7.39. The van der Waals surface area contributed by atoms with Crippen LogP contribution in [0.5, 0.6) is 5.75 Å². The molecular formula is C26H21ClN2O5. The van der Waals surface area contributed by atoms with Gasteiger partial charge in [0.2, 0.25) is 0 Å². The molecule has 0 aliphatic carbocycles. The van der Waals surface area contributed by atoms with Crippen molar-refractivity contribution in [2.45, 2.75) is 6.54 Å². The lowest BCUT2D eigenvalue weighted by atomic mass is 9.99. The molecule has 7 nitrogen and oxygen atoms in total. The fourth-order valence-electron chi connectivity index (χ4n) is 3.80. The van der Waals surface area contributed by atoms with Gasteiger partial charge in [0.25, 0.3) is 5.91 Å². The smallest absolute Gasteiger partial charge is 0.354 e. The summed E-state index contributed by atoms with van der Waals surface area (Å²) in [6.07, 6.45) is 0. The molecule has 0 radical (unpaired) electrons. The van der Waals surface area contributed by atoms with Gasteiger partial charge in [0.15, 0.2) is 5.43 Å². The Bertz CT molecular complexity index is 1450. The van der Waals surface area contributed by atoms with Crippen LogP contribution in [0.4, 0.5) is 0 Å². The molecule has 0 bridgehead atoms. The van der Waals surface area contributed by atoms with Crippen LogP contribution in [0.2, 0.25) is 5.02 Å². The Labute approximate surface area is 200 Å². The van der Waals surface area contributed by atoms with Crippen molar-refractivity contribution < 1.29 is 19.1 Å². The summed E-state index contributed by atoms with van der Waals surface area (Å²) < 4.78 is 10.1. The fraction of sp³-hybridized carbons (Fsp3) is 0.115. The molecule has 0 aliphatic heterocycles. The maximum Gasteiger partial charge on any atom is 0.354 e. The Morgan fingerprint density at radius 3 is 2.38 bits per heavy atom. The Kier molecular flexibility index (Phi) is 6.65. The minimum Gasteiger partial charge on any atom is -0.496 e. The number of hydrogen-bond donors (Lipinski definition) is 2. The van der Waals surface area contributed by atoms with Crippen molar-refractivity contribution in [2.75, 3.05) is 14.2 Å². The highest BCUT2D eigenvalue weighted by Gasteiger charge is 2.22. The normalized spacial score (nSPS) is 10.7. The molecule has 0 fully saturated rings. The number of H-pyrrole nitrogens is 1. The second-order valence-corrected chi connectivity index (χ2v) is 7.80. The van der Waals surface area contributed by atoms with Gasteiger partial charge in [-0.25, -0.2) is 4.79 Å². The van der Waals surface area contributed by atoms with E-state index in [0.717, 1.165) is 5.56 Å².